The van der Waals surface area contributed by atoms with Crippen molar-refractivity contribution < 1.29 is 4.74 Å². The van der Waals surface area contributed by atoms with Gasteiger partial charge in [0.25, 0.3) is 0 Å². The fraction of sp³-hybridized carbons (Fsp3) is 0.545. The van der Waals surface area contributed by atoms with Gasteiger partial charge in [-0.1, -0.05) is 0 Å². The van der Waals surface area contributed by atoms with E-state index >= 15 is 0 Å². The van der Waals surface area contributed by atoms with E-state index in [4.69, 9.17) is 10.5 Å². The van der Waals surface area contributed by atoms with Gasteiger partial charge in [0.2, 0.25) is 5.88 Å². The van der Waals surface area contributed by atoms with E-state index in [2.05, 4.69) is 9.88 Å². The molecule has 0 aliphatic heterocycles. The zero-order valence-corrected chi connectivity index (χ0v) is 9.44. The molecule has 0 unspecified atom stereocenters. The van der Waals surface area contributed by atoms with Gasteiger partial charge in [0.15, 0.2) is 0 Å². The molecule has 1 rings (SSSR count). The first-order chi connectivity index (χ1) is 7.22. The molecule has 0 amide bonds. The van der Waals surface area contributed by atoms with E-state index in [0.717, 1.165) is 18.5 Å². The van der Waals surface area contributed by atoms with E-state index < -0.39 is 0 Å². The highest BCUT2D eigenvalue weighted by molar-refractivity contribution is 5.19. The molecular weight excluding hydrogens is 190 g/mol. The summed E-state index contributed by atoms with van der Waals surface area (Å²) < 4.78 is 5.51. The molecule has 0 saturated heterocycles. The number of aromatic nitrogens is 1. The highest BCUT2D eigenvalue weighted by Gasteiger charge is 1.97. The number of nitrogens with zero attached hydrogens (tertiary/aromatic N) is 2. The monoisotopic (exact) mass is 209 g/mol. The quantitative estimate of drug-likeness (QED) is 0.706. The van der Waals surface area contributed by atoms with Crippen molar-refractivity contribution in [3.63, 3.8) is 0 Å². The standard InChI is InChI=1S/C11H19N3O/c1-14(2)6-3-7-15-11-8-10(9-12)4-5-13-11/h4-5,8H,3,6-7,9,12H2,1-2H3. The predicted molar refractivity (Wildman–Crippen MR) is 60.8 cm³/mol. The first-order valence-corrected chi connectivity index (χ1v) is 5.15. The topological polar surface area (TPSA) is 51.4 Å². The van der Waals surface area contributed by atoms with E-state index in [-0.39, 0.29) is 0 Å². The maximum atomic E-state index is 5.52. The highest BCUT2D eigenvalue weighted by Crippen LogP contribution is 2.08. The van der Waals surface area contributed by atoms with Crippen LogP contribution in [0.3, 0.4) is 0 Å². The summed E-state index contributed by atoms with van der Waals surface area (Å²) in [5.74, 6) is 0.664. The number of ether oxygens (including phenoxy) is 1. The maximum absolute atomic E-state index is 5.52. The van der Waals surface area contributed by atoms with Crippen molar-refractivity contribution in [1.82, 2.24) is 9.88 Å². The van der Waals surface area contributed by atoms with E-state index in [0.29, 0.717) is 19.0 Å². The Morgan fingerprint density at radius 3 is 2.93 bits per heavy atom. The van der Waals surface area contributed by atoms with Gasteiger partial charge in [-0.3, -0.25) is 0 Å². The molecule has 1 aromatic heterocycles. The molecule has 0 bridgehead atoms. The minimum atomic E-state index is 0.524. The first kappa shape index (κ1) is 11.9. The van der Waals surface area contributed by atoms with Gasteiger partial charge in [-0.05, 0) is 32.1 Å². The fourth-order valence-corrected chi connectivity index (χ4v) is 1.21. The fourth-order valence-electron chi connectivity index (χ4n) is 1.21. The van der Waals surface area contributed by atoms with Crippen LogP contribution in [0.1, 0.15) is 12.0 Å². The van der Waals surface area contributed by atoms with Gasteiger partial charge in [0.05, 0.1) is 6.61 Å². The van der Waals surface area contributed by atoms with Gasteiger partial charge >= 0.3 is 0 Å². The van der Waals surface area contributed by atoms with Crippen LogP contribution in [-0.4, -0.2) is 37.1 Å². The summed E-state index contributed by atoms with van der Waals surface area (Å²) in [6, 6.07) is 3.78. The largest absolute Gasteiger partial charge is 0.478 e. The van der Waals surface area contributed by atoms with Gasteiger partial charge < -0.3 is 15.4 Å². The molecule has 0 radical (unpaired) electrons. The third kappa shape index (κ3) is 4.76. The third-order valence-electron chi connectivity index (χ3n) is 2.03. The molecule has 0 spiro atoms. The van der Waals surface area contributed by atoms with Gasteiger partial charge in [0.1, 0.15) is 0 Å². The summed E-state index contributed by atoms with van der Waals surface area (Å²) in [5, 5.41) is 0. The van der Waals surface area contributed by atoms with Crippen molar-refractivity contribution in [2.24, 2.45) is 5.73 Å². The highest BCUT2D eigenvalue weighted by atomic mass is 16.5. The van der Waals surface area contributed by atoms with Crippen LogP contribution in [0.25, 0.3) is 0 Å². The normalized spacial score (nSPS) is 10.7. The van der Waals surface area contributed by atoms with Crippen molar-refractivity contribution in [2.45, 2.75) is 13.0 Å². The molecule has 4 nitrogen and oxygen atoms in total. The molecule has 0 aromatic carbocycles. The number of hydrogen-bond donors (Lipinski definition) is 1. The molecule has 2 N–H and O–H groups in total. The average Bonchev–Trinajstić information content (AvgIpc) is 2.24. The van der Waals surface area contributed by atoms with Gasteiger partial charge in [-0.15, -0.1) is 0 Å². The molecule has 1 aromatic rings. The molecule has 0 fully saturated rings. The summed E-state index contributed by atoms with van der Waals surface area (Å²) in [5.41, 5.74) is 6.57. The molecule has 0 aliphatic rings. The van der Waals surface area contributed by atoms with Crippen molar-refractivity contribution in [3.8, 4) is 5.88 Å². The second kappa shape index (κ2) is 6.37. The molecule has 0 atom stereocenters. The Balaban J connectivity index is 2.30. The minimum absolute atomic E-state index is 0.524. The van der Waals surface area contributed by atoms with Crippen LogP contribution in [-0.2, 0) is 6.54 Å². The summed E-state index contributed by atoms with van der Waals surface area (Å²) in [4.78, 5) is 6.24. The molecule has 15 heavy (non-hydrogen) atoms. The van der Waals surface area contributed by atoms with Gasteiger partial charge in [-0.25, -0.2) is 4.98 Å². The van der Waals surface area contributed by atoms with Crippen LogP contribution < -0.4 is 10.5 Å². The van der Waals surface area contributed by atoms with Crippen LogP contribution in [0.2, 0.25) is 0 Å². The average molecular weight is 209 g/mol. The molecule has 0 aliphatic carbocycles. The first-order valence-electron chi connectivity index (χ1n) is 5.15. The van der Waals surface area contributed by atoms with Crippen LogP contribution >= 0.6 is 0 Å². The van der Waals surface area contributed by atoms with Crippen molar-refractivity contribution in [1.29, 1.82) is 0 Å². The van der Waals surface area contributed by atoms with Gasteiger partial charge in [0, 0.05) is 25.4 Å². The van der Waals surface area contributed by atoms with Crippen molar-refractivity contribution in [3.05, 3.63) is 23.9 Å². The second-order valence-corrected chi connectivity index (χ2v) is 3.71. The minimum Gasteiger partial charge on any atom is -0.478 e. The summed E-state index contributed by atoms with van der Waals surface area (Å²) >= 11 is 0. The molecular formula is C11H19N3O. The Kier molecular flexibility index (Phi) is 5.07. The lowest BCUT2D eigenvalue weighted by molar-refractivity contribution is 0.273. The summed E-state index contributed by atoms with van der Waals surface area (Å²) in [7, 11) is 4.10. The smallest absolute Gasteiger partial charge is 0.213 e. The Labute approximate surface area is 91.1 Å². The molecule has 0 saturated carbocycles. The molecule has 1 heterocycles. The second-order valence-electron chi connectivity index (χ2n) is 3.71. The van der Waals surface area contributed by atoms with Crippen LogP contribution in [0.15, 0.2) is 18.3 Å². The van der Waals surface area contributed by atoms with Crippen molar-refractivity contribution in [2.75, 3.05) is 27.2 Å². The summed E-state index contributed by atoms with van der Waals surface area (Å²) in [6.07, 6.45) is 2.73. The third-order valence-corrected chi connectivity index (χ3v) is 2.03. The van der Waals surface area contributed by atoms with Crippen LogP contribution in [0.5, 0.6) is 5.88 Å². The number of hydrogen-bond acceptors (Lipinski definition) is 4. The summed E-state index contributed by atoms with van der Waals surface area (Å²) in [6.45, 7) is 2.24. The number of rotatable bonds is 6. The zero-order valence-electron chi connectivity index (χ0n) is 9.44. The zero-order chi connectivity index (χ0) is 11.1. The van der Waals surface area contributed by atoms with E-state index in [1.54, 1.807) is 6.20 Å². The molecule has 84 valence electrons. The lowest BCUT2D eigenvalue weighted by atomic mass is 10.3. The van der Waals surface area contributed by atoms with E-state index in [9.17, 15) is 0 Å². The maximum Gasteiger partial charge on any atom is 0.213 e. The predicted octanol–water partition coefficient (Wildman–Crippen LogP) is 0.871. The van der Waals surface area contributed by atoms with E-state index in [1.807, 2.05) is 26.2 Å². The Morgan fingerprint density at radius 2 is 2.27 bits per heavy atom. The lowest BCUT2D eigenvalue weighted by Gasteiger charge is -2.10. The Hall–Kier alpha value is -1.13. The molecule has 4 heteroatoms. The number of nitrogens with two attached hydrogens (primary N) is 1. The Bertz CT molecular complexity index is 289. The van der Waals surface area contributed by atoms with Gasteiger partial charge in [-0.2, -0.15) is 0 Å². The van der Waals surface area contributed by atoms with Crippen LogP contribution in [0.4, 0.5) is 0 Å². The lowest BCUT2D eigenvalue weighted by Crippen LogP contribution is -2.15. The van der Waals surface area contributed by atoms with Crippen molar-refractivity contribution >= 4 is 0 Å². The SMILES string of the molecule is CN(C)CCCOc1cc(CN)ccn1. The Morgan fingerprint density at radius 1 is 1.47 bits per heavy atom. The van der Waals surface area contributed by atoms with Crippen LogP contribution in [0, 0.1) is 0 Å². The van der Waals surface area contributed by atoms with E-state index in [1.165, 1.54) is 0 Å². The number of pyridine rings is 1.